The topological polar surface area (TPSA) is 79.2 Å². The molecule has 0 saturated heterocycles. The normalized spacial score (nSPS) is 10.1. The Bertz CT molecular complexity index is 1060. The van der Waals surface area contributed by atoms with Crippen molar-refractivity contribution in [1.82, 2.24) is 5.32 Å². The molecule has 6 heteroatoms. The number of nitrogens with one attached hydrogen (secondary N) is 1. The number of nitriles is 1. The Kier molecular flexibility index (Phi) is 7.64. The first-order valence-corrected chi connectivity index (χ1v) is 10.2. The first-order chi connectivity index (χ1) is 14.7. The average Bonchev–Trinajstić information content (AvgIpc) is 2.79. The van der Waals surface area contributed by atoms with E-state index in [9.17, 15) is 14.9 Å². The van der Waals surface area contributed by atoms with Crippen LogP contribution in [0.1, 0.15) is 21.5 Å². The van der Waals surface area contributed by atoms with E-state index in [1.807, 2.05) is 48.5 Å². The molecule has 3 aromatic carbocycles. The zero-order valence-corrected chi connectivity index (χ0v) is 17.0. The Morgan fingerprint density at radius 3 is 2.33 bits per heavy atom. The number of amides is 1. The van der Waals surface area contributed by atoms with Crippen molar-refractivity contribution in [2.24, 2.45) is 0 Å². The minimum absolute atomic E-state index is 0.346. The lowest BCUT2D eigenvalue weighted by molar-refractivity contribution is -0.124. The Morgan fingerprint density at radius 1 is 0.900 bits per heavy atom. The fraction of sp³-hybridized carbons (Fsp3) is 0.125. The molecule has 1 N–H and O–H groups in total. The minimum Gasteiger partial charge on any atom is -0.452 e. The zero-order chi connectivity index (χ0) is 21.2. The van der Waals surface area contributed by atoms with E-state index < -0.39 is 5.97 Å². The maximum atomic E-state index is 12.5. The molecule has 5 nitrogen and oxygen atoms in total. The van der Waals surface area contributed by atoms with Crippen molar-refractivity contribution < 1.29 is 14.3 Å². The van der Waals surface area contributed by atoms with Crippen LogP contribution in [0.4, 0.5) is 0 Å². The van der Waals surface area contributed by atoms with E-state index in [-0.39, 0.29) is 12.5 Å². The van der Waals surface area contributed by atoms with Gasteiger partial charge in [-0.05, 0) is 36.2 Å². The van der Waals surface area contributed by atoms with Crippen LogP contribution in [0.5, 0.6) is 0 Å². The maximum absolute atomic E-state index is 12.5. The third kappa shape index (κ3) is 5.97. The molecule has 0 heterocycles. The molecule has 0 aliphatic heterocycles. The molecule has 0 saturated carbocycles. The molecule has 0 bridgehead atoms. The Balaban J connectivity index is 1.55. The first-order valence-electron chi connectivity index (χ1n) is 9.41. The van der Waals surface area contributed by atoms with Crippen LogP contribution in [0.25, 0.3) is 0 Å². The van der Waals surface area contributed by atoms with Crippen molar-refractivity contribution in [2.75, 3.05) is 13.2 Å². The second-order valence-corrected chi connectivity index (χ2v) is 7.45. The van der Waals surface area contributed by atoms with Crippen LogP contribution in [0.3, 0.4) is 0 Å². The molecule has 0 aliphatic carbocycles. The largest absolute Gasteiger partial charge is 0.452 e. The first kappa shape index (κ1) is 21.2. The lowest BCUT2D eigenvalue weighted by atomic mass is 10.1. The summed E-state index contributed by atoms with van der Waals surface area (Å²) in [6.45, 7) is 0.124. The molecule has 30 heavy (non-hydrogen) atoms. The molecule has 0 spiro atoms. The highest BCUT2D eigenvalue weighted by molar-refractivity contribution is 7.99. The van der Waals surface area contributed by atoms with Gasteiger partial charge in [0.2, 0.25) is 0 Å². The van der Waals surface area contributed by atoms with Crippen molar-refractivity contribution in [3.63, 3.8) is 0 Å². The van der Waals surface area contributed by atoms with Crippen LogP contribution in [0.15, 0.2) is 88.7 Å². The van der Waals surface area contributed by atoms with Gasteiger partial charge in [-0.1, -0.05) is 66.4 Å². The number of carbonyl (C=O) groups excluding carboxylic acids is 2. The Hall–Kier alpha value is -3.56. The van der Waals surface area contributed by atoms with Gasteiger partial charge in [-0.3, -0.25) is 4.79 Å². The number of hydrogen-bond donors (Lipinski definition) is 1. The average molecular weight is 417 g/mol. The number of nitrogens with zero attached hydrogens (tertiary/aromatic N) is 1. The predicted octanol–water partition coefficient (Wildman–Crippen LogP) is 4.23. The van der Waals surface area contributed by atoms with Gasteiger partial charge in [0.25, 0.3) is 5.91 Å². The van der Waals surface area contributed by atoms with Crippen LogP contribution in [-0.4, -0.2) is 25.0 Å². The summed E-state index contributed by atoms with van der Waals surface area (Å²) in [5.74, 6) is -0.926. The monoisotopic (exact) mass is 416 g/mol. The summed E-state index contributed by atoms with van der Waals surface area (Å²) >= 11 is 1.32. The molecule has 3 aromatic rings. The molecule has 0 unspecified atom stereocenters. The van der Waals surface area contributed by atoms with E-state index in [0.29, 0.717) is 29.0 Å². The van der Waals surface area contributed by atoms with Gasteiger partial charge < -0.3 is 10.1 Å². The Morgan fingerprint density at radius 2 is 1.57 bits per heavy atom. The lowest BCUT2D eigenvalue weighted by Gasteiger charge is -2.10. The van der Waals surface area contributed by atoms with Gasteiger partial charge in [-0.2, -0.15) is 5.26 Å². The highest BCUT2D eigenvalue weighted by atomic mass is 32.2. The molecular formula is C24H20N2O3S. The quantitative estimate of drug-likeness (QED) is 0.556. The third-order valence-electron chi connectivity index (χ3n) is 4.25. The Labute approximate surface area is 179 Å². The summed E-state index contributed by atoms with van der Waals surface area (Å²) in [5, 5.41) is 12.0. The van der Waals surface area contributed by atoms with Gasteiger partial charge in [-0.25, -0.2) is 4.79 Å². The summed E-state index contributed by atoms with van der Waals surface area (Å²) in [6.07, 6.45) is 0.707. The summed E-state index contributed by atoms with van der Waals surface area (Å²) in [6, 6.07) is 26.1. The van der Waals surface area contributed by atoms with Crippen molar-refractivity contribution >= 4 is 23.6 Å². The zero-order valence-electron chi connectivity index (χ0n) is 16.2. The molecule has 0 aliphatic rings. The van der Waals surface area contributed by atoms with Gasteiger partial charge in [0.1, 0.15) is 6.07 Å². The summed E-state index contributed by atoms with van der Waals surface area (Å²) in [4.78, 5) is 25.9. The third-order valence-corrected chi connectivity index (χ3v) is 5.40. The van der Waals surface area contributed by atoms with Gasteiger partial charge in [0.15, 0.2) is 6.61 Å². The molecule has 0 atom stereocenters. The second kappa shape index (κ2) is 10.8. The second-order valence-electron chi connectivity index (χ2n) is 6.37. The number of rotatable bonds is 8. The fourth-order valence-electron chi connectivity index (χ4n) is 2.74. The summed E-state index contributed by atoms with van der Waals surface area (Å²) in [7, 11) is 0. The number of carbonyl (C=O) groups is 2. The van der Waals surface area contributed by atoms with Crippen LogP contribution < -0.4 is 5.32 Å². The standard InChI is InChI=1S/C24H20N2O3S/c25-16-19-10-4-6-12-21(19)30-22-13-7-5-11-20(22)24(28)29-17-23(27)26-15-14-18-8-2-1-3-9-18/h1-13H,14-15,17H2,(H,26,27). The van der Waals surface area contributed by atoms with Crippen molar-refractivity contribution in [2.45, 2.75) is 16.2 Å². The number of hydrogen-bond acceptors (Lipinski definition) is 5. The lowest BCUT2D eigenvalue weighted by Crippen LogP contribution is -2.30. The molecule has 0 fully saturated rings. The van der Waals surface area contributed by atoms with Crippen LogP contribution in [-0.2, 0) is 16.0 Å². The molecule has 3 rings (SSSR count). The summed E-state index contributed by atoms with van der Waals surface area (Å²) in [5.41, 5.74) is 2.01. The van der Waals surface area contributed by atoms with Gasteiger partial charge >= 0.3 is 5.97 Å². The van der Waals surface area contributed by atoms with E-state index >= 15 is 0 Å². The highest BCUT2D eigenvalue weighted by Gasteiger charge is 2.16. The van der Waals surface area contributed by atoms with Crippen LogP contribution in [0, 0.1) is 11.3 Å². The smallest absolute Gasteiger partial charge is 0.339 e. The van der Waals surface area contributed by atoms with E-state index in [0.717, 1.165) is 10.5 Å². The minimum atomic E-state index is -0.578. The van der Waals surface area contributed by atoms with Gasteiger partial charge in [-0.15, -0.1) is 0 Å². The highest BCUT2D eigenvalue weighted by Crippen LogP contribution is 2.32. The molecular weight excluding hydrogens is 396 g/mol. The van der Waals surface area contributed by atoms with Crippen molar-refractivity contribution in [3.8, 4) is 6.07 Å². The van der Waals surface area contributed by atoms with Gasteiger partial charge in [0, 0.05) is 16.3 Å². The predicted molar refractivity (Wildman–Crippen MR) is 115 cm³/mol. The van der Waals surface area contributed by atoms with Crippen molar-refractivity contribution in [1.29, 1.82) is 5.26 Å². The van der Waals surface area contributed by atoms with Gasteiger partial charge in [0.05, 0.1) is 11.1 Å². The molecule has 0 radical (unpaired) electrons. The fourth-order valence-corrected chi connectivity index (χ4v) is 3.76. The van der Waals surface area contributed by atoms with Crippen LogP contribution in [0.2, 0.25) is 0 Å². The molecule has 150 valence electrons. The van der Waals surface area contributed by atoms with E-state index in [2.05, 4.69) is 11.4 Å². The van der Waals surface area contributed by atoms with E-state index in [1.165, 1.54) is 11.8 Å². The molecule has 1 amide bonds. The number of esters is 1. The SMILES string of the molecule is N#Cc1ccccc1Sc1ccccc1C(=O)OCC(=O)NCCc1ccccc1. The summed E-state index contributed by atoms with van der Waals surface area (Å²) < 4.78 is 5.20. The van der Waals surface area contributed by atoms with E-state index in [1.54, 1.807) is 30.3 Å². The number of ether oxygens (including phenoxy) is 1. The van der Waals surface area contributed by atoms with Crippen LogP contribution >= 0.6 is 11.8 Å². The maximum Gasteiger partial charge on any atom is 0.339 e. The number of benzene rings is 3. The molecule has 0 aromatic heterocycles. The van der Waals surface area contributed by atoms with Crippen molar-refractivity contribution in [3.05, 3.63) is 95.6 Å². The van der Waals surface area contributed by atoms with E-state index in [4.69, 9.17) is 4.74 Å².